The number of aryl methyl sites for hydroxylation is 2. The van der Waals surface area contributed by atoms with Gasteiger partial charge in [0.05, 0.1) is 5.69 Å². The summed E-state index contributed by atoms with van der Waals surface area (Å²) in [6.07, 6.45) is 7.69. The van der Waals surface area contributed by atoms with Gasteiger partial charge in [-0.3, -0.25) is 10.1 Å². The second kappa shape index (κ2) is 6.41. The van der Waals surface area contributed by atoms with Crippen LogP contribution >= 0.6 is 11.3 Å². The molecule has 0 spiro atoms. The molecule has 1 aliphatic carbocycles. The Morgan fingerprint density at radius 2 is 2.04 bits per heavy atom. The predicted molar refractivity (Wildman–Crippen MR) is 86.0 cm³/mol. The summed E-state index contributed by atoms with van der Waals surface area (Å²) in [5.74, 6) is 0.632. The van der Waals surface area contributed by atoms with E-state index in [0.717, 1.165) is 44.6 Å². The van der Waals surface area contributed by atoms with E-state index < -0.39 is 0 Å². The Kier molecular flexibility index (Phi) is 4.13. The number of carbonyl (C=O) groups excluding carboxylic acids is 1. The van der Waals surface area contributed by atoms with Gasteiger partial charge in [-0.1, -0.05) is 0 Å². The molecule has 0 atom stereocenters. The van der Waals surface area contributed by atoms with Gasteiger partial charge in [0, 0.05) is 24.0 Å². The Hall–Kier alpha value is -1.73. The van der Waals surface area contributed by atoms with Gasteiger partial charge in [-0.25, -0.2) is 9.97 Å². The van der Waals surface area contributed by atoms with Gasteiger partial charge in [-0.05, 0) is 38.5 Å². The first-order chi connectivity index (χ1) is 11.3. The molecular formula is C16H19N3O3S. The Labute approximate surface area is 138 Å². The van der Waals surface area contributed by atoms with Gasteiger partial charge in [0.25, 0.3) is 5.91 Å². The van der Waals surface area contributed by atoms with Crippen LogP contribution in [0.3, 0.4) is 0 Å². The molecule has 23 heavy (non-hydrogen) atoms. The maximum Gasteiger partial charge on any atom is 0.279 e. The average molecular weight is 333 g/mol. The fourth-order valence-electron chi connectivity index (χ4n) is 3.09. The number of amides is 1. The van der Waals surface area contributed by atoms with Crippen LogP contribution in [0.15, 0.2) is 10.7 Å². The topological polar surface area (TPSA) is 77.2 Å². The van der Waals surface area contributed by atoms with Crippen molar-refractivity contribution in [2.75, 3.05) is 18.5 Å². The van der Waals surface area contributed by atoms with Crippen molar-refractivity contribution < 1.29 is 13.9 Å². The SMILES string of the molecule is O=C(Nc1nc2c(s1)CCCC2)c1coc(C2CCOCC2)n1. The molecular weight excluding hydrogens is 314 g/mol. The van der Waals surface area contributed by atoms with Gasteiger partial charge in [-0.15, -0.1) is 11.3 Å². The van der Waals surface area contributed by atoms with Gasteiger partial charge >= 0.3 is 0 Å². The summed E-state index contributed by atoms with van der Waals surface area (Å²) in [5, 5.41) is 3.52. The number of nitrogens with zero attached hydrogens (tertiary/aromatic N) is 2. The molecule has 122 valence electrons. The number of aromatic nitrogens is 2. The third kappa shape index (κ3) is 3.16. The van der Waals surface area contributed by atoms with Crippen LogP contribution in [-0.2, 0) is 17.6 Å². The highest BCUT2D eigenvalue weighted by atomic mass is 32.1. The van der Waals surface area contributed by atoms with Crippen molar-refractivity contribution in [3.8, 4) is 0 Å². The van der Waals surface area contributed by atoms with E-state index in [9.17, 15) is 4.79 Å². The lowest BCUT2D eigenvalue weighted by molar-refractivity contribution is 0.0794. The van der Waals surface area contributed by atoms with Gasteiger partial charge in [0.15, 0.2) is 16.7 Å². The molecule has 2 aromatic heterocycles. The standard InChI is InChI=1S/C16H19N3O3S/c20-14(19-16-18-11-3-1-2-4-13(11)23-16)12-9-22-15(17-12)10-5-7-21-8-6-10/h9-10H,1-8H2,(H,18,19,20). The van der Waals surface area contributed by atoms with Crippen LogP contribution < -0.4 is 5.32 Å². The third-order valence-electron chi connectivity index (χ3n) is 4.39. The summed E-state index contributed by atoms with van der Waals surface area (Å²) in [6.45, 7) is 1.44. The molecule has 1 fully saturated rings. The number of anilines is 1. The summed E-state index contributed by atoms with van der Waals surface area (Å²) >= 11 is 1.58. The van der Waals surface area contributed by atoms with Gasteiger partial charge in [0.2, 0.25) is 0 Å². The van der Waals surface area contributed by atoms with Crippen LogP contribution in [-0.4, -0.2) is 29.1 Å². The number of hydrogen-bond donors (Lipinski definition) is 1. The number of nitrogens with one attached hydrogen (secondary N) is 1. The molecule has 0 aromatic carbocycles. The van der Waals surface area contributed by atoms with Crippen LogP contribution in [0.1, 0.15) is 58.6 Å². The zero-order valence-corrected chi connectivity index (χ0v) is 13.7. The minimum absolute atomic E-state index is 0.248. The number of rotatable bonds is 3. The molecule has 0 bridgehead atoms. The lowest BCUT2D eigenvalue weighted by atomic mass is 10.0. The highest BCUT2D eigenvalue weighted by Gasteiger charge is 2.23. The first-order valence-corrected chi connectivity index (χ1v) is 8.94. The van der Waals surface area contributed by atoms with Crippen LogP contribution in [0.4, 0.5) is 5.13 Å². The van der Waals surface area contributed by atoms with Crippen LogP contribution in [0, 0.1) is 0 Å². The molecule has 1 aliphatic heterocycles. The van der Waals surface area contributed by atoms with E-state index in [-0.39, 0.29) is 11.8 Å². The zero-order valence-electron chi connectivity index (χ0n) is 12.8. The van der Waals surface area contributed by atoms with Crippen molar-refractivity contribution in [1.29, 1.82) is 0 Å². The van der Waals surface area contributed by atoms with Crippen LogP contribution in [0.25, 0.3) is 0 Å². The van der Waals surface area contributed by atoms with E-state index in [1.165, 1.54) is 24.0 Å². The molecule has 0 saturated carbocycles. The quantitative estimate of drug-likeness (QED) is 0.933. The van der Waals surface area contributed by atoms with Crippen LogP contribution in [0.5, 0.6) is 0 Å². The Bertz CT molecular complexity index is 680. The normalized spacial score (nSPS) is 18.6. The number of ether oxygens (including phenoxy) is 1. The monoisotopic (exact) mass is 333 g/mol. The summed E-state index contributed by atoms with van der Waals surface area (Å²) in [7, 11) is 0. The number of oxazole rings is 1. The fraction of sp³-hybridized carbons (Fsp3) is 0.562. The van der Waals surface area contributed by atoms with Crippen LogP contribution in [0.2, 0.25) is 0 Å². The molecule has 1 saturated heterocycles. The molecule has 2 aliphatic rings. The van der Waals surface area contributed by atoms with E-state index >= 15 is 0 Å². The first kappa shape index (κ1) is 14.8. The van der Waals surface area contributed by atoms with E-state index in [1.54, 1.807) is 11.3 Å². The minimum Gasteiger partial charge on any atom is -0.448 e. The van der Waals surface area contributed by atoms with E-state index in [0.29, 0.717) is 16.7 Å². The van der Waals surface area contributed by atoms with Crippen molar-refractivity contribution in [2.24, 2.45) is 0 Å². The second-order valence-electron chi connectivity index (χ2n) is 6.01. The van der Waals surface area contributed by atoms with Crippen molar-refractivity contribution in [1.82, 2.24) is 9.97 Å². The van der Waals surface area contributed by atoms with E-state index in [2.05, 4.69) is 15.3 Å². The zero-order chi connectivity index (χ0) is 15.6. The average Bonchev–Trinajstić information content (AvgIpc) is 3.22. The number of thiazole rings is 1. The van der Waals surface area contributed by atoms with Crippen molar-refractivity contribution in [2.45, 2.75) is 44.4 Å². The number of hydrogen-bond acceptors (Lipinski definition) is 6. The molecule has 0 unspecified atom stereocenters. The summed E-state index contributed by atoms with van der Waals surface area (Å²) in [6, 6.07) is 0. The molecule has 1 N–H and O–H groups in total. The maximum absolute atomic E-state index is 12.3. The summed E-state index contributed by atoms with van der Waals surface area (Å²) < 4.78 is 10.8. The van der Waals surface area contributed by atoms with Gasteiger partial charge < -0.3 is 9.15 Å². The van der Waals surface area contributed by atoms with Crippen molar-refractivity contribution >= 4 is 22.4 Å². The summed E-state index contributed by atoms with van der Waals surface area (Å²) in [4.78, 5) is 22.5. The smallest absolute Gasteiger partial charge is 0.279 e. The summed E-state index contributed by atoms with van der Waals surface area (Å²) in [5.41, 5.74) is 1.46. The lowest BCUT2D eigenvalue weighted by Crippen LogP contribution is -2.15. The van der Waals surface area contributed by atoms with Gasteiger partial charge in [-0.2, -0.15) is 0 Å². The fourth-order valence-corrected chi connectivity index (χ4v) is 4.14. The minimum atomic E-state index is -0.252. The number of carbonyl (C=O) groups is 1. The molecule has 2 aromatic rings. The third-order valence-corrected chi connectivity index (χ3v) is 5.46. The number of fused-ring (bicyclic) bond motifs is 1. The molecule has 1 amide bonds. The molecule has 7 heteroatoms. The van der Waals surface area contributed by atoms with E-state index in [4.69, 9.17) is 9.15 Å². The van der Waals surface area contributed by atoms with Crippen molar-refractivity contribution in [3.63, 3.8) is 0 Å². The Morgan fingerprint density at radius 1 is 1.22 bits per heavy atom. The highest BCUT2D eigenvalue weighted by molar-refractivity contribution is 7.15. The van der Waals surface area contributed by atoms with Gasteiger partial charge in [0.1, 0.15) is 6.26 Å². The molecule has 6 nitrogen and oxygen atoms in total. The lowest BCUT2D eigenvalue weighted by Gasteiger charge is -2.18. The highest BCUT2D eigenvalue weighted by Crippen LogP contribution is 2.30. The molecule has 4 rings (SSSR count). The molecule has 3 heterocycles. The predicted octanol–water partition coefficient (Wildman–Crippen LogP) is 3.16. The Balaban J connectivity index is 1.44. The molecule has 0 radical (unpaired) electrons. The largest absolute Gasteiger partial charge is 0.448 e. The second-order valence-corrected chi connectivity index (χ2v) is 7.09. The maximum atomic E-state index is 12.3. The van der Waals surface area contributed by atoms with Crippen molar-refractivity contribution in [3.05, 3.63) is 28.4 Å². The van der Waals surface area contributed by atoms with E-state index in [1.807, 2.05) is 0 Å². The Morgan fingerprint density at radius 3 is 2.87 bits per heavy atom. The first-order valence-electron chi connectivity index (χ1n) is 8.12.